The molecular formula is C21H32N4O4. The lowest BCUT2D eigenvalue weighted by Gasteiger charge is -2.40. The smallest absolute Gasteiger partial charge is 0.251 e. The molecule has 29 heavy (non-hydrogen) atoms. The normalized spacial score (nSPS) is 30.0. The van der Waals surface area contributed by atoms with Crippen molar-refractivity contribution in [1.82, 2.24) is 19.8 Å². The number of rotatable bonds is 4. The number of hydrogen-bond acceptors (Lipinski definition) is 7. The van der Waals surface area contributed by atoms with E-state index < -0.39 is 11.7 Å². The summed E-state index contributed by atoms with van der Waals surface area (Å²) in [4.78, 5) is 26.1. The Morgan fingerprint density at radius 3 is 2.83 bits per heavy atom. The van der Waals surface area contributed by atoms with E-state index in [2.05, 4.69) is 21.8 Å². The number of morpholine rings is 1. The molecule has 2 atom stereocenters. The van der Waals surface area contributed by atoms with E-state index in [1.165, 1.54) is 0 Å². The van der Waals surface area contributed by atoms with Crippen molar-refractivity contribution in [3.63, 3.8) is 0 Å². The first-order valence-corrected chi connectivity index (χ1v) is 10.5. The van der Waals surface area contributed by atoms with Crippen LogP contribution in [0.5, 0.6) is 0 Å². The van der Waals surface area contributed by atoms with Crippen LogP contribution in [0.1, 0.15) is 37.6 Å². The Bertz CT molecular complexity index is 737. The Hall–Kier alpha value is -1.61. The average Bonchev–Trinajstić information content (AvgIpc) is 3.11. The molecule has 3 aliphatic rings. The third-order valence-corrected chi connectivity index (χ3v) is 6.52. The van der Waals surface area contributed by atoms with Crippen molar-refractivity contribution in [2.45, 2.75) is 57.0 Å². The van der Waals surface area contributed by atoms with E-state index in [1.807, 2.05) is 18.0 Å². The van der Waals surface area contributed by atoms with Gasteiger partial charge < -0.3 is 19.1 Å². The quantitative estimate of drug-likeness (QED) is 0.746. The third kappa shape index (κ3) is 4.60. The maximum absolute atomic E-state index is 13.0. The summed E-state index contributed by atoms with van der Waals surface area (Å²) in [6.07, 6.45) is 5.49. The summed E-state index contributed by atoms with van der Waals surface area (Å²) in [7, 11) is 1.75. The van der Waals surface area contributed by atoms with Gasteiger partial charge in [-0.1, -0.05) is 0 Å². The molecule has 0 N–H and O–H groups in total. The van der Waals surface area contributed by atoms with Crippen LogP contribution in [-0.2, 0) is 25.5 Å². The van der Waals surface area contributed by atoms with Gasteiger partial charge in [-0.15, -0.1) is 0 Å². The second-order valence-electron chi connectivity index (χ2n) is 8.88. The Labute approximate surface area is 172 Å². The standard InChI is InChI=1S/C21H32N4O4/c1-16-11-22-12-17(23-16)13-24-8-9-29-21(14-24)10-18(28-15-21)19(26)25-6-4-20(2,27-3)5-7-25/h11-12,18H,4-10,13-15H2,1-3H3/t18-,21-/m1/s1. The minimum absolute atomic E-state index is 0.0882. The van der Waals surface area contributed by atoms with Gasteiger partial charge in [-0.05, 0) is 26.7 Å². The summed E-state index contributed by atoms with van der Waals surface area (Å²) in [6, 6.07) is 0. The number of carbonyl (C=O) groups excluding carboxylic acids is 1. The van der Waals surface area contributed by atoms with Crippen LogP contribution in [0.3, 0.4) is 0 Å². The van der Waals surface area contributed by atoms with Gasteiger partial charge in [0.05, 0.1) is 30.2 Å². The fourth-order valence-corrected chi connectivity index (χ4v) is 4.56. The van der Waals surface area contributed by atoms with Gasteiger partial charge in [0.2, 0.25) is 0 Å². The fraction of sp³-hybridized carbons (Fsp3) is 0.762. The summed E-state index contributed by atoms with van der Waals surface area (Å²) in [5, 5.41) is 0. The highest BCUT2D eigenvalue weighted by Crippen LogP contribution is 2.34. The molecule has 3 fully saturated rings. The molecule has 0 aromatic carbocycles. The van der Waals surface area contributed by atoms with Crippen LogP contribution < -0.4 is 0 Å². The van der Waals surface area contributed by atoms with Crippen molar-refractivity contribution in [1.29, 1.82) is 0 Å². The molecule has 0 radical (unpaired) electrons. The summed E-state index contributed by atoms with van der Waals surface area (Å²) in [5.74, 6) is 0.0882. The number of amides is 1. The zero-order valence-corrected chi connectivity index (χ0v) is 17.7. The van der Waals surface area contributed by atoms with E-state index in [1.54, 1.807) is 13.3 Å². The van der Waals surface area contributed by atoms with Crippen molar-refractivity contribution < 1.29 is 19.0 Å². The molecule has 0 aliphatic carbocycles. The van der Waals surface area contributed by atoms with E-state index in [0.717, 1.165) is 57.0 Å². The molecule has 1 spiro atoms. The van der Waals surface area contributed by atoms with E-state index >= 15 is 0 Å². The first-order valence-electron chi connectivity index (χ1n) is 10.5. The van der Waals surface area contributed by atoms with E-state index in [9.17, 15) is 4.79 Å². The fourth-order valence-electron chi connectivity index (χ4n) is 4.56. The van der Waals surface area contributed by atoms with Crippen LogP contribution in [-0.4, -0.2) is 89.5 Å². The number of likely N-dealkylation sites (tertiary alicyclic amines) is 1. The number of carbonyl (C=O) groups is 1. The molecule has 3 aliphatic heterocycles. The Balaban J connectivity index is 1.34. The molecule has 1 aromatic heterocycles. The minimum Gasteiger partial charge on any atom is -0.378 e. The van der Waals surface area contributed by atoms with Gasteiger partial charge in [-0.25, -0.2) is 0 Å². The zero-order chi connectivity index (χ0) is 20.5. The minimum atomic E-state index is -0.416. The molecule has 8 heteroatoms. The molecule has 4 heterocycles. The van der Waals surface area contributed by atoms with Crippen molar-refractivity contribution in [3.8, 4) is 0 Å². The Morgan fingerprint density at radius 1 is 1.31 bits per heavy atom. The molecule has 3 saturated heterocycles. The van der Waals surface area contributed by atoms with Crippen LogP contribution in [0.25, 0.3) is 0 Å². The van der Waals surface area contributed by atoms with Crippen LogP contribution in [0.15, 0.2) is 12.4 Å². The monoisotopic (exact) mass is 404 g/mol. The molecule has 0 saturated carbocycles. The highest BCUT2D eigenvalue weighted by molar-refractivity contribution is 5.81. The van der Waals surface area contributed by atoms with Gasteiger partial charge in [0.25, 0.3) is 5.91 Å². The topological polar surface area (TPSA) is 77.0 Å². The third-order valence-electron chi connectivity index (χ3n) is 6.52. The average molecular weight is 405 g/mol. The lowest BCUT2D eigenvalue weighted by molar-refractivity contribution is -0.145. The van der Waals surface area contributed by atoms with E-state index in [4.69, 9.17) is 14.2 Å². The molecule has 0 unspecified atom stereocenters. The summed E-state index contributed by atoms with van der Waals surface area (Å²) in [5.41, 5.74) is 1.35. The lowest BCUT2D eigenvalue weighted by Crippen LogP contribution is -2.53. The van der Waals surface area contributed by atoms with Crippen LogP contribution in [0.4, 0.5) is 0 Å². The highest BCUT2D eigenvalue weighted by Gasteiger charge is 2.48. The maximum Gasteiger partial charge on any atom is 0.251 e. The predicted octanol–water partition coefficient (Wildman–Crippen LogP) is 1.17. The molecule has 1 aromatic rings. The molecule has 8 nitrogen and oxygen atoms in total. The first-order chi connectivity index (χ1) is 13.9. The molecule has 160 valence electrons. The molecule has 4 rings (SSSR count). The second-order valence-corrected chi connectivity index (χ2v) is 8.88. The highest BCUT2D eigenvalue weighted by atomic mass is 16.6. The second kappa shape index (κ2) is 8.26. The number of ether oxygens (including phenoxy) is 3. The number of aromatic nitrogens is 2. The van der Waals surface area contributed by atoms with E-state index in [-0.39, 0.29) is 11.5 Å². The Kier molecular flexibility index (Phi) is 5.88. The van der Waals surface area contributed by atoms with Gasteiger partial charge in [0, 0.05) is 58.6 Å². The van der Waals surface area contributed by atoms with Crippen molar-refractivity contribution in [2.24, 2.45) is 0 Å². The van der Waals surface area contributed by atoms with Gasteiger partial charge in [0.1, 0.15) is 11.7 Å². The zero-order valence-electron chi connectivity index (χ0n) is 17.7. The SMILES string of the molecule is COC1(C)CCN(C(=O)[C@H]2C[C@]3(CO2)CN(Cc2cncc(C)n2)CCO3)CC1. The van der Waals surface area contributed by atoms with Gasteiger partial charge >= 0.3 is 0 Å². The molecule has 0 bridgehead atoms. The van der Waals surface area contributed by atoms with Crippen LogP contribution >= 0.6 is 0 Å². The van der Waals surface area contributed by atoms with Gasteiger partial charge in [-0.3, -0.25) is 19.7 Å². The van der Waals surface area contributed by atoms with Gasteiger partial charge in [0.15, 0.2) is 0 Å². The first kappa shape index (κ1) is 20.7. The largest absolute Gasteiger partial charge is 0.378 e. The number of hydrogen-bond donors (Lipinski definition) is 0. The molecule has 1 amide bonds. The predicted molar refractivity (Wildman–Crippen MR) is 106 cm³/mol. The summed E-state index contributed by atoms with van der Waals surface area (Å²) >= 11 is 0. The van der Waals surface area contributed by atoms with Crippen molar-refractivity contribution >= 4 is 5.91 Å². The van der Waals surface area contributed by atoms with Crippen LogP contribution in [0.2, 0.25) is 0 Å². The Morgan fingerprint density at radius 2 is 2.10 bits per heavy atom. The van der Waals surface area contributed by atoms with Crippen molar-refractivity contribution in [2.75, 3.05) is 46.5 Å². The van der Waals surface area contributed by atoms with Gasteiger partial charge in [-0.2, -0.15) is 0 Å². The van der Waals surface area contributed by atoms with Crippen LogP contribution in [0, 0.1) is 6.92 Å². The van der Waals surface area contributed by atoms with Crippen molar-refractivity contribution in [3.05, 3.63) is 23.8 Å². The summed E-state index contributed by atoms with van der Waals surface area (Å²) in [6.45, 7) is 8.92. The number of aryl methyl sites for hydroxylation is 1. The number of piperidine rings is 1. The number of methoxy groups -OCH3 is 1. The van der Waals surface area contributed by atoms with E-state index in [0.29, 0.717) is 19.6 Å². The maximum atomic E-state index is 13.0. The molecular weight excluding hydrogens is 372 g/mol. The summed E-state index contributed by atoms with van der Waals surface area (Å²) < 4.78 is 17.7. The number of nitrogens with zero attached hydrogens (tertiary/aromatic N) is 4. The lowest BCUT2D eigenvalue weighted by atomic mass is 9.92.